The Morgan fingerprint density at radius 2 is 1.00 bits per heavy atom. The second-order valence-electron chi connectivity index (χ2n) is 20.5. The molecular weight excluding hydrogens is 708 g/mol. The van der Waals surface area contributed by atoms with E-state index >= 15 is 0 Å². The van der Waals surface area contributed by atoms with Crippen molar-refractivity contribution in [3.05, 3.63) is 112 Å². The molecule has 4 saturated carbocycles. The molecule has 6 unspecified atom stereocenters. The molecule has 0 N–H and O–H groups in total. The van der Waals surface area contributed by atoms with Gasteiger partial charge in [0.25, 0.3) is 0 Å². The Balaban J connectivity index is 1.32. The van der Waals surface area contributed by atoms with Crippen LogP contribution in [0.1, 0.15) is 142 Å². The molecule has 0 radical (unpaired) electrons. The number of hydrogen-bond donors (Lipinski definition) is 0. The first-order valence-electron chi connectivity index (χ1n) is 20.8. The van der Waals surface area contributed by atoms with E-state index in [-0.39, 0.29) is 16.2 Å². The summed E-state index contributed by atoms with van der Waals surface area (Å²) < 4.78 is 1.21. The normalized spacial score (nSPS) is 25.3. The van der Waals surface area contributed by atoms with Gasteiger partial charge in [0.15, 0.2) is 0 Å². The number of nitrogens with zero attached hydrogens (tertiary/aromatic N) is 2. The van der Waals surface area contributed by atoms with E-state index < -0.39 is 0 Å². The molecule has 0 aromatic heterocycles. The van der Waals surface area contributed by atoms with Gasteiger partial charge in [-0.3, -0.25) is 0 Å². The van der Waals surface area contributed by atoms with E-state index in [9.17, 15) is 0 Å². The lowest BCUT2D eigenvalue weighted by Crippen LogP contribution is -2.36. The molecule has 0 amide bonds. The van der Waals surface area contributed by atoms with E-state index in [1.807, 2.05) is 0 Å². The molecule has 8 rings (SSSR count). The Bertz CT molecular complexity index is 1880. The number of halogens is 1. The molecule has 4 aromatic carbocycles. The second kappa shape index (κ2) is 13.6. The van der Waals surface area contributed by atoms with Crippen molar-refractivity contribution in [2.75, 3.05) is 9.80 Å². The van der Waals surface area contributed by atoms with Crippen molar-refractivity contribution in [1.29, 1.82) is 0 Å². The molecule has 0 aliphatic heterocycles. The highest BCUT2D eigenvalue weighted by Gasteiger charge is 2.45. The molecule has 0 saturated heterocycles. The summed E-state index contributed by atoms with van der Waals surface area (Å²) in [5.74, 6) is 3.93. The largest absolute Gasteiger partial charge is 0.337 e. The standard InChI is InChI=1S/C50H63BrN2/c1-48(2,3)37-14-19-40(20-15-37)52(41-21-16-38(17-22-41)49(4,5)6)42-28-36(44-26-32-10-12-34(44)24-32)29-43(31-42)53(47-27-33-11-13-35(47)25-33)46-23-18-39(30-45(46)51)50(7,8)9/h14-23,28-35,44,47H,10-13,24-27H2,1-9H3. The number of hydrogen-bond acceptors (Lipinski definition) is 2. The first kappa shape index (κ1) is 36.9. The Kier molecular flexibility index (Phi) is 9.48. The first-order chi connectivity index (χ1) is 25.0. The number of benzene rings is 4. The summed E-state index contributed by atoms with van der Waals surface area (Å²) in [5.41, 5.74) is 12.4. The van der Waals surface area contributed by atoms with Crippen LogP contribution in [0.5, 0.6) is 0 Å². The average molecular weight is 772 g/mol. The smallest absolute Gasteiger partial charge is 0.0558 e. The van der Waals surface area contributed by atoms with Crippen molar-refractivity contribution >= 4 is 44.4 Å². The van der Waals surface area contributed by atoms with Gasteiger partial charge in [-0.05, 0) is 177 Å². The predicted molar refractivity (Wildman–Crippen MR) is 231 cm³/mol. The fourth-order valence-electron chi connectivity index (χ4n) is 10.6. The van der Waals surface area contributed by atoms with Crippen LogP contribution in [0.3, 0.4) is 0 Å². The van der Waals surface area contributed by atoms with Gasteiger partial charge >= 0.3 is 0 Å². The van der Waals surface area contributed by atoms with Crippen LogP contribution in [-0.2, 0) is 16.2 Å². The molecule has 0 spiro atoms. The molecule has 4 aliphatic rings. The van der Waals surface area contributed by atoms with Crippen molar-refractivity contribution < 1.29 is 0 Å². The minimum absolute atomic E-state index is 0.0960. The van der Waals surface area contributed by atoms with Crippen molar-refractivity contribution in [3.63, 3.8) is 0 Å². The maximum absolute atomic E-state index is 4.16. The third-order valence-corrected chi connectivity index (χ3v) is 14.4. The molecular formula is C50H63BrN2. The molecule has 4 bridgehead atoms. The lowest BCUT2D eigenvalue weighted by Gasteiger charge is -2.39. The molecule has 4 fully saturated rings. The molecule has 6 atom stereocenters. The number of rotatable bonds is 7. The highest BCUT2D eigenvalue weighted by atomic mass is 79.9. The van der Waals surface area contributed by atoms with Crippen LogP contribution < -0.4 is 9.80 Å². The predicted octanol–water partition coefficient (Wildman–Crippen LogP) is 15.0. The zero-order chi connectivity index (χ0) is 37.4. The lowest BCUT2D eigenvalue weighted by molar-refractivity contribution is 0.411. The van der Waals surface area contributed by atoms with E-state index in [2.05, 4.69) is 173 Å². The number of anilines is 5. The maximum atomic E-state index is 4.16. The van der Waals surface area contributed by atoms with Gasteiger partial charge in [0.2, 0.25) is 0 Å². The maximum Gasteiger partial charge on any atom is 0.0558 e. The van der Waals surface area contributed by atoms with Crippen molar-refractivity contribution in [2.45, 2.75) is 142 Å². The van der Waals surface area contributed by atoms with Crippen LogP contribution in [0.2, 0.25) is 0 Å². The minimum atomic E-state index is 0.0960. The van der Waals surface area contributed by atoms with Gasteiger partial charge in [0.1, 0.15) is 0 Å². The van der Waals surface area contributed by atoms with E-state index in [4.69, 9.17) is 0 Å². The van der Waals surface area contributed by atoms with Gasteiger partial charge in [0, 0.05) is 33.3 Å². The van der Waals surface area contributed by atoms with Crippen LogP contribution in [0, 0.1) is 23.7 Å². The van der Waals surface area contributed by atoms with Gasteiger partial charge in [0.05, 0.1) is 5.69 Å². The third kappa shape index (κ3) is 7.26. The SMILES string of the molecule is CC(C)(C)c1ccc(N(c2ccc(C(C)(C)C)cc2)c2cc(C3CC4CCC3C4)cc(N(c3ccc(C(C)(C)C)cc3Br)C3CC4CCC3C4)c2)cc1. The molecule has 0 heterocycles. The fraction of sp³-hybridized carbons (Fsp3) is 0.520. The summed E-state index contributed by atoms with van der Waals surface area (Å²) >= 11 is 4.16. The Hall–Kier alpha value is -3.04. The summed E-state index contributed by atoms with van der Waals surface area (Å²) in [7, 11) is 0. The van der Waals surface area contributed by atoms with Crippen LogP contribution in [-0.4, -0.2) is 6.04 Å². The summed E-state index contributed by atoms with van der Waals surface area (Å²) in [6.45, 7) is 20.8. The highest BCUT2D eigenvalue weighted by Crippen LogP contribution is 2.56. The van der Waals surface area contributed by atoms with Crippen molar-refractivity contribution in [1.82, 2.24) is 0 Å². The molecule has 53 heavy (non-hydrogen) atoms. The number of fused-ring (bicyclic) bond motifs is 4. The molecule has 4 aromatic rings. The van der Waals surface area contributed by atoms with Crippen LogP contribution in [0.15, 0.2) is 89.4 Å². The quantitative estimate of drug-likeness (QED) is 0.185. The van der Waals surface area contributed by atoms with Crippen molar-refractivity contribution in [3.8, 4) is 0 Å². The van der Waals surface area contributed by atoms with Crippen molar-refractivity contribution in [2.24, 2.45) is 23.7 Å². The molecule has 3 heteroatoms. The Labute approximate surface area is 329 Å². The molecule has 280 valence electrons. The monoisotopic (exact) mass is 770 g/mol. The van der Waals surface area contributed by atoms with Gasteiger partial charge in [-0.15, -0.1) is 0 Å². The fourth-order valence-corrected chi connectivity index (χ4v) is 11.2. The summed E-state index contributed by atoms with van der Waals surface area (Å²) in [4.78, 5) is 5.35. The third-order valence-electron chi connectivity index (χ3n) is 13.7. The average Bonchev–Trinajstić information content (AvgIpc) is 3.92. The highest BCUT2D eigenvalue weighted by molar-refractivity contribution is 9.10. The van der Waals surface area contributed by atoms with Crippen LogP contribution >= 0.6 is 15.9 Å². The van der Waals surface area contributed by atoms with E-state index in [1.54, 1.807) is 5.56 Å². The second-order valence-corrected chi connectivity index (χ2v) is 21.4. The topological polar surface area (TPSA) is 6.48 Å². The zero-order valence-corrected chi connectivity index (χ0v) is 35.6. The molecule has 4 aliphatic carbocycles. The minimum Gasteiger partial charge on any atom is -0.337 e. The summed E-state index contributed by atoms with van der Waals surface area (Å²) in [6, 6.07) is 34.3. The van der Waals surface area contributed by atoms with Gasteiger partial charge < -0.3 is 9.80 Å². The first-order valence-corrected chi connectivity index (χ1v) is 21.6. The summed E-state index contributed by atoms with van der Waals surface area (Å²) in [6.07, 6.45) is 11.0. The van der Waals surface area contributed by atoms with Gasteiger partial charge in [-0.2, -0.15) is 0 Å². The van der Waals surface area contributed by atoms with Crippen LogP contribution in [0.25, 0.3) is 0 Å². The Morgan fingerprint density at radius 1 is 0.491 bits per heavy atom. The summed E-state index contributed by atoms with van der Waals surface area (Å²) in [5, 5.41) is 0. The zero-order valence-electron chi connectivity index (χ0n) is 34.0. The lowest BCUT2D eigenvalue weighted by atomic mass is 9.82. The van der Waals surface area contributed by atoms with Gasteiger partial charge in [-0.1, -0.05) is 105 Å². The Morgan fingerprint density at radius 3 is 1.45 bits per heavy atom. The van der Waals surface area contributed by atoms with E-state index in [0.29, 0.717) is 12.0 Å². The van der Waals surface area contributed by atoms with Gasteiger partial charge in [-0.25, -0.2) is 0 Å². The van der Waals surface area contributed by atoms with Crippen LogP contribution in [0.4, 0.5) is 28.4 Å². The van der Waals surface area contributed by atoms with E-state index in [1.165, 1.54) is 101 Å². The molecule has 2 nitrogen and oxygen atoms in total. The van der Waals surface area contributed by atoms with E-state index in [0.717, 1.165) is 23.7 Å².